The molecule has 0 aromatic heterocycles. The molecule has 0 saturated carbocycles. The lowest BCUT2D eigenvalue weighted by Crippen LogP contribution is -2.40. The van der Waals surface area contributed by atoms with Crippen molar-refractivity contribution in [3.63, 3.8) is 0 Å². The number of likely N-dealkylation sites (tertiary alicyclic amines) is 1. The van der Waals surface area contributed by atoms with Gasteiger partial charge >= 0.3 is 0 Å². The minimum Gasteiger partial charge on any atom is -0.496 e. The summed E-state index contributed by atoms with van der Waals surface area (Å²) in [6, 6.07) is 14.2. The predicted molar refractivity (Wildman–Crippen MR) is 129 cm³/mol. The molecule has 0 radical (unpaired) electrons. The van der Waals surface area contributed by atoms with Gasteiger partial charge in [-0.1, -0.05) is 35.9 Å². The number of carbonyl (C=O) groups is 1. The van der Waals surface area contributed by atoms with Crippen molar-refractivity contribution in [2.45, 2.75) is 30.3 Å². The topological polar surface area (TPSA) is 44.8 Å². The first-order valence-electron chi connectivity index (χ1n) is 10.7. The average molecular weight is 462 g/mol. The summed E-state index contributed by atoms with van der Waals surface area (Å²) >= 11 is 8.14. The van der Waals surface area contributed by atoms with Crippen LogP contribution in [0.2, 0.25) is 5.02 Å². The third kappa shape index (κ3) is 6.62. The van der Waals surface area contributed by atoms with Crippen LogP contribution in [0.1, 0.15) is 30.0 Å². The maximum absolute atomic E-state index is 12.7. The van der Waals surface area contributed by atoms with Crippen LogP contribution >= 0.6 is 23.4 Å². The minimum absolute atomic E-state index is 0.0199. The van der Waals surface area contributed by atoms with E-state index in [1.54, 1.807) is 18.9 Å². The Kier molecular flexibility index (Phi) is 9.08. The van der Waals surface area contributed by atoms with E-state index < -0.39 is 0 Å². The third-order valence-corrected chi connectivity index (χ3v) is 6.77. The molecule has 1 heterocycles. The lowest BCUT2D eigenvalue weighted by molar-refractivity contribution is -0.122. The van der Waals surface area contributed by atoms with Crippen LogP contribution in [0.25, 0.3) is 0 Å². The molecular weight excluding hydrogens is 430 g/mol. The molecule has 1 aliphatic heterocycles. The number of carbonyl (C=O) groups excluding carboxylic acids is 1. The van der Waals surface area contributed by atoms with Gasteiger partial charge in [0.1, 0.15) is 5.75 Å². The molecule has 1 amide bonds. The highest BCUT2D eigenvalue weighted by molar-refractivity contribution is 7.98. The van der Waals surface area contributed by atoms with E-state index in [0.717, 1.165) is 39.9 Å². The first-order valence-corrected chi connectivity index (χ1v) is 12.3. The Morgan fingerprint density at radius 1 is 1.26 bits per heavy atom. The highest BCUT2D eigenvalue weighted by Crippen LogP contribution is 2.30. The Morgan fingerprint density at radius 2 is 2.00 bits per heavy atom. The molecule has 0 spiro atoms. The van der Waals surface area contributed by atoms with Crippen molar-refractivity contribution < 1.29 is 9.53 Å². The molecule has 0 aliphatic carbocycles. The van der Waals surface area contributed by atoms with E-state index >= 15 is 0 Å². The Labute approximate surface area is 195 Å². The monoisotopic (exact) mass is 461 g/mol. The molecule has 1 fully saturated rings. The molecule has 0 bridgehead atoms. The number of nitrogens with zero attached hydrogens (tertiary/aromatic N) is 2. The van der Waals surface area contributed by atoms with Crippen LogP contribution in [0.5, 0.6) is 5.75 Å². The van der Waals surface area contributed by atoms with E-state index in [1.165, 1.54) is 12.8 Å². The third-order valence-electron chi connectivity index (χ3n) is 5.65. The summed E-state index contributed by atoms with van der Waals surface area (Å²) in [5.41, 5.74) is 2.21. The van der Waals surface area contributed by atoms with E-state index in [0.29, 0.717) is 19.6 Å². The summed E-state index contributed by atoms with van der Waals surface area (Å²) in [5, 5.41) is 3.89. The number of ether oxygens (including phenoxy) is 1. The number of methoxy groups -OCH3 is 1. The number of likely N-dealkylation sites (N-methyl/N-ethyl adjacent to an activating group) is 1. The largest absolute Gasteiger partial charge is 0.496 e. The van der Waals surface area contributed by atoms with Crippen molar-refractivity contribution in [3.05, 3.63) is 58.6 Å². The Balaban J connectivity index is 1.57. The molecule has 1 unspecified atom stereocenters. The fourth-order valence-electron chi connectivity index (χ4n) is 4.09. The normalized spacial score (nSPS) is 15.3. The molecule has 1 aliphatic rings. The second kappa shape index (κ2) is 11.8. The van der Waals surface area contributed by atoms with E-state index in [9.17, 15) is 4.79 Å². The van der Waals surface area contributed by atoms with Crippen LogP contribution in [0, 0.1) is 0 Å². The molecular formula is C24H32ClN3O2S. The van der Waals surface area contributed by atoms with Crippen LogP contribution in [-0.4, -0.2) is 62.3 Å². The summed E-state index contributed by atoms with van der Waals surface area (Å²) in [6.07, 6.45) is 4.42. The summed E-state index contributed by atoms with van der Waals surface area (Å²) in [4.78, 5) is 18.2. The Morgan fingerprint density at radius 3 is 2.68 bits per heavy atom. The van der Waals surface area contributed by atoms with Gasteiger partial charge in [0.15, 0.2) is 0 Å². The van der Waals surface area contributed by atoms with Gasteiger partial charge < -0.3 is 10.1 Å². The van der Waals surface area contributed by atoms with Crippen molar-refractivity contribution in [1.82, 2.24) is 15.1 Å². The first-order chi connectivity index (χ1) is 15.0. The van der Waals surface area contributed by atoms with Crippen LogP contribution < -0.4 is 10.1 Å². The number of thioether (sulfide) groups is 1. The molecule has 1 saturated heterocycles. The van der Waals surface area contributed by atoms with Crippen LogP contribution in [0.15, 0.2) is 47.4 Å². The van der Waals surface area contributed by atoms with Gasteiger partial charge in [-0.25, -0.2) is 0 Å². The van der Waals surface area contributed by atoms with Crippen LogP contribution in [-0.2, 0) is 11.3 Å². The fourth-order valence-corrected chi connectivity index (χ4v) is 4.90. The van der Waals surface area contributed by atoms with Gasteiger partial charge in [-0.15, -0.1) is 11.8 Å². The number of rotatable bonds is 10. The van der Waals surface area contributed by atoms with E-state index in [2.05, 4.69) is 28.4 Å². The molecule has 5 nitrogen and oxygen atoms in total. The zero-order valence-electron chi connectivity index (χ0n) is 18.6. The van der Waals surface area contributed by atoms with Gasteiger partial charge in [0.2, 0.25) is 5.91 Å². The fraction of sp³-hybridized carbons (Fsp3) is 0.458. The number of halogens is 1. The summed E-state index contributed by atoms with van der Waals surface area (Å²) in [5.74, 6) is 0.891. The standard InChI is InChI=1S/C24H32ClN3O2S/c1-27(16-18-10-11-23(31-3)22(14-18)30-2)17-24(29)26-15-21(28-12-6-7-13-28)19-8-4-5-9-20(19)25/h4-5,8-11,14,21H,6-7,12-13,15-17H2,1-3H3,(H,26,29). The smallest absolute Gasteiger partial charge is 0.234 e. The van der Waals surface area contributed by atoms with Crippen molar-refractivity contribution in [1.29, 1.82) is 0 Å². The number of amides is 1. The van der Waals surface area contributed by atoms with Gasteiger partial charge in [-0.05, 0) is 68.6 Å². The van der Waals surface area contributed by atoms with Crippen molar-refractivity contribution in [3.8, 4) is 5.75 Å². The number of benzene rings is 2. The van der Waals surface area contributed by atoms with Gasteiger partial charge in [0.05, 0.1) is 19.7 Å². The Bertz CT molecular complexity index is 874. The van der Waals surface area contributed by atoms with Crippen LogP contribution in [0.3, 0.4) is 0 Å². The maximum atomic E-state index is 12.7. The predicted octanol–water partition coefficient (Wildman–Crippen LogP) is 4.46. The minimum atomic E-state index is 0.0199. The number of hydrogen-bond acceptors (Lipinski definition) is 5. The molecule has 1 N–H and O–H groups in total. The van der Waals surface area contributed by atoms with Crippen molar-refractivity contribution in [2.75, 3.05) is 46.6 Å². The van der Waals surface area contributed by atoms with E-state index in [1.807, 2.05) is 42.5 Å². The molecule has 2 aromatic carbocycles. The van der Waals surface area contributed by atoms with Crippen LogP contribution in [0.4, 0.5) is 0 Å². The lowest BCUT2D eigenvalue weighted by atomic mass is 10.1. The van der Waals surface area contributed by atoms with E-state index in [4.69, 9.17) is 16.3 Å². The number of nitrogens with one attached hydrogen (secondary N) is 1. The molecule has 168 valence electrons. The van der Waals surface area contributed by atoms with Crippen molar-refractivity contribution in [2.24, 2.45) is 0 Å². The second-order valence-electron chi connectivity index (χ2n) is 7.95. The maximum Gasteiger partial charge on any atom is 0.234 e. The molecule has 31 heavy (non-hydrogen) atoms. The highest BCUT2D eigenvalue weighted by Gasteiger charge is 2.25. The molecule has 7 heteroatoms. The molecule has 3 rings (SSSR count). The summed E-state index contributed by atoms with van der Waals surface area (Å²) in [6.45, 7) is 3.66. The average Bonchev–Trinajstić information content (AvgIpc) is 3.29. The van der Waals surface area contributed by atoms with Gasteiger partial charge in [0.25, 0.3) is 0 Å². The van der Waals surface area contributed by atoms with Crippen molar-refractivity contribution >= 4 is 29.3 Å². The number of hydrogen-bond donors (Lipinski definition) is 1. The van der Waals surface area contributed by atoms with E-state index in [-0.39, 0.29) is 11.9 Å². The van der Waals surface area contributed by atoms with Gasteiger partial charge in [-0.2, -0.15) is 0 Å². The first kappa shape index (κ1) is 23.9. The SMILES string of the molecule is COc1cc(CN(C)CC(=O)NCC(c2ccccc2Cl)N2CCCC2)ccc1SC. The zero-order valence-corrected chi connectivity index (χ0v) is 20.1. The quantitative estimate of drug-likeness (QED) is 0.529. The molecule has 2 aromatic rings. The Hall–Kier alpha value is -1.73. The zero-order chi connectivity index (χ0) is 22.2. The highest BCUT2D eigenvalue weighted by atomic mass is 35.5. The summed E-state index contributed by atoms with van der Waals surface area (Å²) in [7, 11) is 3.65. The lowest BCUT2D eigenvalue weighted by Gasteiger charge is -2.29. The molecule has 1 atom stereocenters. The second-order valence-corrected chi connectivity index (χ2v) is 9.20. The van der Waals surface area contributed by atoms with Gasteiger partial charge in [-0.3, -0.25) is 14.6 Å². The summed E-state index contributed by atoms with van der Waals surface area (Å²) < 4.78 is 5.47. The van der Waals surface area contributed by atoms with Gasteiger partial charge in [0, 0.05) is 23.0 Å².